The molecule has 1 aromatic heterocycles. The first-order valence-corrected chi connectivity index (χ1v) is 18.7. The van der Waals surface area contributed by atoms with E-state index in [1.165, 1.54) is 0 Å². The Morgan fingerprint density at radius 3 is 2.48 bits per heavy atom. The van der Waals surface area contributed by atoms with Gasteiger partial charge in [-0.2, -0.15) is 0 Å². The molecule has 50 heavy (non-hydrogen) atoms. The molecule has 5 rings (SSSR count). The van der Waals surface area contributed by atoms with Crippen LogP contribution in [0.25, 0.3) is 10.9 Å². The van der Waals surface area contributed by atoms with E-state index in [9.17, 15) is 14.4 Å². The molecule has 0 unspecified atom stereocenters. The molecular formula is C39H49ClN6O3S. The van der Waals surface area contributed by atoms with Crippen LogP contribution in [0.4, 0.5) is 0 Å². The number of nitrogens with one attached hydrogen (secondary N) is 3. The maximum Gasteiger partial charge on any atom is 0.243 e. The number of nitrogens with zero attached hydrogens (tertiary/aromatic N) is 1. The zero-order chi connectivity index (χ0) is 35.6. The van der Waals surface area contributed by atoms with E-state index < -0.39 is 24.0 Å². The van der Waals surface area contributed by atoms with Crippen molar-refractivity contribution in [1.82, 2.24) is 20.5 Å². The number of hydrogen-bond acceptors (Lipinski definition) is 7. The van der Waals surface area contributed by atoms with Gasteiger partial charge in [0.1, 0.15) is 6.04 Å². The van der Waals surface area contributed by atoms with Crippen molar-refractivity contribution in [2.75, 3.05) is 20.1 Å². The maximum absolute atomic E-state index is 14.5. The molecule has 0 fully saturated rings. The topological polar surface area (TPSA) is 146 Å². The van der Waals surface area contributed by atoms with Crippen molar-refractivity contribution in [2.24, 2.45) is 17.4 Å². The van der Waals surface area contributed by atoms with Crippen LogP contribution in [0.3, 0.4) is 0 Å². The highest BCUT2D eigenvalue weighted by atomic mass is 35.5. The fourth-order valence-corrected chi connectivity index (χ4v) is 8.05. The number of Topliss-reactive ketones (excluding diaryl/α,β-unsaturated/α-hetero) is 1. The molecule has 266 valence electrons. The van der Waals surface area contributed by atoms with Crippen molar-refractivity contribution in [2.45, 2.75) is 86.3 Å². The van der Waals surface area contributed by atoms with E-state index in [-0.39, 0.29) is 24.0 Å². The predicted molar refractivity (Wildman–Crippen MR) is 202 cm³/mol. The molecule has 2 amide bonds. The van der Waals surface area contributed by atoms with Gasteiger partial charge in [0, 0.05) is 64.3 Å². The lowest BCUT2D eigenvalue weighted by atomic mass is 9.90. The Balaban J connectivity index is 1.58. The molecule has 0 saturated carbocycles. The van der Waals surface area contributed by atoms with Crippen LogP contribution in [0.5, 0.6) is 0 Å². The van der Waals surface area contributed by atoms with Gasteiger partial charge in [-0.3, -0.25) is 14.4 Å². The molecule has 4 aromatic rings. The quantitative estimate of drug-likeness (QED) is 0.131. The summed E-state index contributed by atoms with van der Waals surface area (Å²) in [7, 11) is 1.68. The number of carbonyl (C=O) groups is 3. The van der Waals surface area contributed by atoms with E-state index in [2.05, 4.69) is 27.8 Å². The number of unbranched alkanes of at least 4 members (excludes halogenated alkanes) is 1. The summed E-state index contributed by atoms with van der Waals surface area (Å²) >= 11 is 8.13. The van der Waals surface area contributed by atoms with Gasteiger partial charge in [-0.15, -0.1) is 0 Å². The van der Waals surface area contributed by atoms with Crippen LogP contribution in [0.2, 0.25) is 5.02 Å². The fourth-order valence-electron chi connectivity index (χ4n) is 6.73. The Morgan fingerprint density at radius 2 is 1.68 bits per heavy atom. The number of ketones is 1. The molecule has 0 saturated heterocycles. The van der Waals surface area contributed by atoms with Crippen LogP contribution in [0, 0.1) is 5.92 Å². The number of nitrogens with two attached hydrogens (primary N) is 2. The molecule has 4 atom stereocenters. The van der Waals surface area contributed by atoms with E-state index in [0.29, 0.717) is 56.8 Å². The number of hydrogen-bond donors (Lipinski definition) is 5. The molecule has 7 N–H and O–H groups in total. The Morgan fingerprint density at radius 1 is 0.920 bits per heavy atom. The molecule has 2 heterocycles. The summed E-state index contributed by atoms with van der Waals surface area (Å²) in [6.07, 6.45) is 5.43. The predicted octanol–water partition coefficient (Wildman–Crippen LogP) is 6.13. The number of halogens is 1. The van der Waals surface area contributed by atoms with Gasteiger partial charge in [-0.25, -0.2) is 0 Å². The minimum atomic E-state index is -0.839. The van der Waals surface area contributed by atoms with Crippen LogP contribution in [-0.4, -0.2) is 59.7 Å². The van der Waals surface area contributed by atoms with Crippen molar-refractivity contribution in [3.05, 3.63) is 94.6 Å². The van der Waals surface area contributed by atoms with Gasteiger partial charge < -0.3 is 32.0 Å². The van der Waals surface area contributed by atoms with Gasteiger partial charge in [0.25, 0.3) is 0 Å². The number of H-pyrrole nitrogens is 1. The van der Waals surface area contributed by atoms with E-state index in [1.807, 2.05) is 67.7 Å². The SMILES string of the molecule is C[C@@H]1NC(=O)[C@H](Cc2c[nH]c3ccccc23)N(C)C(=O)[C@H](CCCCN)CC(=O)[C@H](CCCN)NCc2ccccc2Sc2ccc(Cl)cc21. The largest absolute Gasteiger partial charge is 0.361 e. The van der Waals surface area contributed by atoms with Gasteiger partial charge >= 0.3 is 0 Å². The summed E-state index contributed by atoms with van der Waals surface area (Å²) in [4.78, 5) is 49.8. The van der Waals surface area contributed by atoms with E-state index in [1.54, 1.807) is 23.7 Å². The number of rotatable bonds is 9. The van der Waals surface area contributed by atoms with E-state index >= 15 is 0 Å². The van der Waals surface area contributed by atoms with Crippen LogP contribution >= 0.6 is 23.4 Å². The number of amides is 2. The summed E-state index contributed by atoms with van der Waals surface area (Å²) in [5, 5.41) is 8.30. The third-order valence-electron chi connectivity index (χ3n) is 9.62. The molecule has 0 spiro atoms. The second kappa shape index (κ2) is 18.0. The first kappa shape index (κ1) is 37.6. The van der Waals surface area contributed by atoms with Crippen molar-refractivity contribution in [3.63, 3.8) is 0 Å². The summed E-state index contributed by atoms with van der Waals surface area (Å²) in [6.45, 7) is 3.37. The highest BCUT2D eigenvalue weighted by molar-refractivity contribution is 7.99. The third kappa shape index (κ3) is 9.35. The standard InChI is InChI=1S/C39H49ClN6O3S/c1-25-31-22-29(40)16-17-37(31)50-36-15-6-3-11-27(36)23-44-33(14-9-19-42)35(47)21-26(10-7-8-18-41)39(49)46(2)34(38(48)45-25)20-28-24-43-32-13-5-4-12-30(28)32/h3-6,11-13,15-17,22,24-26,33-34,43-44H,7-10,14,18-21,23,41-42H2,1-2H3,(H,45,48)/t25-,26+,33-,34-/m0/s1. The third-order valence-corrected chi connectivity index (χ3v) is 11.1. The van der Waals surface area contributed by atoms with Crippen LogP contribution in [0.1, 0.15) is 68.2 Å². The van der Waals surface area contributed by atoms with Gasteiger partial charge in [0.2, 0.25) is 11.8 Å². The average Bonchev–Trinajstić information content (AvgIpc) is 3.53. The van der Waals surface area contributed by atoms with Crippen molar-refractivity contribution in [3.8, 4) is 0 Å². The fraction of sp³-hybridized carbons (Fsp3) is 0.410. The van der Waals surface area contributed by atoms with Gasteiger partial charge in [0.05, 0.1) is 12.1 Å². The van der Waals surface area contributed by atoms with Gasteiger partial charge in [0.15, 0.2) is 5.78 Å². The zero-order valence-corrected chi connectivity index (χ0v) is 30.5. The number of fused-ring (bicyclic) bond motifs is 3. The Hall–Kier alpha value is -3.67. The minimum absolute atomic E-state index is 0.0290. The van der Waals surface area contributed by atoms with E-state index in [4.69, 9.17) is 23.1 Å². The average molecular weight is 717 g/mol. The second-order valence-corrected chi connectivity index (χ2v) is 14.7. The molecule has 11 heteroatoms. The molecular weight excluding hydrogens is 668 g/mol. The van der Waals surface area contributed by atoms with E-state index in [0.717, 1.165) is 43.8 Å². The maximum atomic E-state index is 14.5. The molecule has 1 aliphatic rings. The number of likely N-dealkylation sites (N-methyl/N-ethyl adjacent to an activating group) is 1. The lowest BCUT2D eigenvalue weighted by Crippen LogP contribution is -2.51. The van der Waals surface area contributed by atoms with Crippen molar-refractivity contribution < 1.29 is 14.4 Å². The second-order valence-electron chi connectivity index (χ2n) is 13.2. The lowest BCUT2D eigenvalue weighted by molar-refractivity contribution is -0.144. The molecule has 0 aliphatic carbocycles. The highest BCUT2D eigenvalue weighted by Crippen LogP contribution is 2.37. The molecule has 0 radical (unpaired) electrons. The zero-order valence-electron chi connectivity index (χ0n) is 28.9. The monoisotopic (exact) mass is 716 g/mol. The normalized spacial score (nSPS) is 21.1. The Bertz CT molecular complexity index is 1780. The Kier molecular flexibility index (Phi) is 13.5. The summed E-state index contributed by atoms with van der Waals surface area (Å²) in [5.74, 6) is -1.14. The van der Waals surface area contributed by atoms with Gasteiger partial charge in [-0.1, -0.05) is 66.2 Å². The number of aromatic amines is 1. The molecule has 0 bridgehead atoms. The molecule has 1 aliphatic heterocycles. The summed E-state index contributed by atoms with van der Waals surface area (Å²) in [6, 6.07) is 20.0. The number of para-hydroxylation sites is 1. The lowest BCUT2D eigenvalue weighted by Gasteiger charge is -2.32. The summed E-state index contributed by atoms with van der Waals surface area (Å²) in [5.41, 5.74) is 15.5. The number of benzene rings is 3. The highest BCUT2D eigenvalue weighted by Gasteiger charge is 2.35. The van der Waals surface area contributed by atoms with Crippen molar-refractivity contribution >= 4 is 51.9 Å². The Labute approximate surface area is 304 Å². The number of aromatic nitrogens is 1. The first-order chi connectivity index (χ1) is 24.2. The smallest absolute Gasteiger partial charge is 0.243 e. The van der Waals surface area contributed by atoms with Crippen LogP contribution < -0.4 is 22.1 Å². The molecule has 3 aromatic carbocycles. The number of carbonyl (C=O) groups excluding carboxylic acids is 3. The summed E-state index contributed by atoms with van der Waals surface area (Å²) < 4.78 is 0. The van der Waals surface area contributed by atoms with Crippen molar-refractivity contribution in [1.29, 1.82) is 0 Å². The van der Waals surface area contributed by atoms with Crippen LogP contribution in [0.15, 0.2) is 82.7 Å². The first-order valence-electron chi connectivity index (χ1n) is 17.5. The van der Waals surface area contributed by atoms with Crippen LogP contribution in [-0.2, 0) is 27.3 Å². The molecule has 9 nitrogen and oxygen atoms in total. The van der Waals surface area contributed by atoms with Gasteiger partial charge in [-0.05, 0) is 92.7 Å². The minimum Gasteiger partial charge on any atom is -0.361 e.